The third kappa shape index (κ3) is 3.71. The summed E-state index contributed by atoms with van der Waals surface area (Å²) >= 11 is 0. The van der Waals surface area contributed by atoms with Gasteiger partial charge in [-0.2, -0.15) is 5.10 Å². The van der Waals surface area contributed by atoms with E-state index in [2.05, 4.69) is 10.5 Å². The number of benzene rings is 1. The molecule has 0 saturated carbocycles. The monoisotopic (exact) mass is 272 g/mol. The van der Waals surface area contributed by atoms with Crippen molar-refractivity contribution < 1.29 is 13.9 Å². The van der Waals surface area contributed by atoms with Crippen LogP contribution >= 0.6 is 0 Å². The van der Waals surface area contributed by atoms with E-state index < -0.39 is 5.91 Å². The molecule has 0 aliphatic rings. The van der Waals surface area contributed by atoms with E-state index >= 15 is 0 Å². The van der Waals surface area contributed by atoms with Crippen LogP contribution in [0.25, 0.3) is 0 Å². The first-order chi connectivity index (χ1) is 9.66. The molecule has 1 aromatic heterocycles. The second-order valence-corrected chi connectivity index (χ2v) is 4.38. The number of nitrogens with zero attached hydrogens (tertiary/aromatic N) is 1. The van der Waals surface area contributed by atoms with E-state index in [9.17, 15) is 4.79 Å². The Labute approximate surface area is 117 Å². The molecule has 0 bridgehead atoms. The lowest BCUT2D eigenvalue weighted by Crippen LogP contribution is -2.16. The highest BCUT2D eigenvalue weighted by Gasteiger charge is 2.06. The first-order valence-corrected chi connectivity index (χ1v) is 6.29. The molecular formula is C15H16N2O3. The van der Waals surface area contributed by atoms with Gasteiger partial charge in [-0.25, -0.2) is 5.43 Å². The van der Waals surface area contributed by atoms with Gasteiger partial charge >= 0.3 is 5.91 Å². The number of hydrogen-bond donors (Lipinski definition) is 1. The van der Waals surface area contributed by atoms with Crippen LogP contribution in [0.4, 0.5) is 0 Å². The van der Waals surface area contributed by atoms with Crippen LogP contribution in [0.2, 0.25) is 0 Å². The van der Waals surface area contributed by atoms with Gasteiger partial charge in [0.1, 0.15) is 5.75 Å². The van der Waals surface area contributed by atoms with Crippen molar-refractivity contribution in [1.29, 1.82) is 0 Å². The predicted octanol–water partition coefficient (Wildman–Crippen LogP) is 2.83. The minimum absolute atomic E-state index is 0.0715. The molecule has 0 atom stereocenters. The van der Waals surface area contributed by atoms with Crippen molar-refractivity contribution in [3.8, 4) is 5.75 Å². The Morgan fingerprint density at radius 1 is 1.30 bits per heavy atom. The molecule has 0 aliphatic carbocycles. The van der Waals surface area contributed by atoms with Crippen molar-refractivity contribution in [1.82, 2.24) is 5.43 Å². The molecule has 0 fully saturated rings. The predicted molar refractivity (Wildman–Crippen MR) is 76.0 cm³/mol. The maximum atomic E-state index is 11.6. The summed E-state index contributed by atoms with van der Waals surface area (Å²) in [7, 11) is 0. The molecular weight excluding hydrogens is 256 g/mol. The lowest BCUT2D eigenvalue weighted by molar-refractivity contribution is 0.0927. The molecule has 1 amide bonds. The Morgan fingerprint density at radius 3 is 2.80 bits per heavy atom. The van der Waals surface area contributed by atoms with Gasteiger partial charge in [-0.3, -0.25) is 4.79 Å². The van der Waals surface area contributed by atoms with E-state index in [-0.39, 0.29) is 11.9 Å². The van der Waals surface area contributed by atoms with E-state index in [4.69, 9.17) is 9.15 Å². The van der Waals surface area contributed by atoms with Crippen molar-refractivity contribution in [2.45, 2.75) is 20.0 Å². The maximum Gasteiger partial charge on any atom is 0.307 e. The molecule has 0 saturated heterocycles. The van der Waals surface area contributed by atoms with Gasteiger partial charge in [-0.15, -0.1) is 0 Å². The highest BCUT2D eigenvalue weighted by molar-refractivity contribution is 5.92. The number of nitrogens with one attached hydrogen (secondary N) is 1. The van der Waals surface area contributed by atoms with Crippen molar-refractivity contribution in [3.05, 3.63) is 54.0 Å². The van der Waals surface area contributed by atoms with Crippen LogP contribution in [-0.4, -0.2) is 18.2 Å². The molecule has 0 radical (unpaired) electrons. The van der Waals surface area contributed by atoms with Gasteiger partial charge in [-0.05, 0) is 38.1 Å². The molecule has 0 spiro atoms. The van der Waals surface area contributed by atoms with Gasteiger partial charge in [0.25, 0.3) is 0 Å². The molecule has 5 heteroatoms. The Hall–Kier alpha value is -2.56. The quantitative estimate of drug-likeness (QED) is 0.672. The third-order valence-corrected chi connectivity index (χ3v) is 2.40. The highest BCUT2D eigenvalue weighted by Crippen LogP contribution is 2.17. The Kier molecular flexibility index (Phi) is 4.55. The molecule has 0 unspecified atom stereocenters. The standard InChI is InChI=1S/C15H16N2O3/c1-11(2)20-13-7-4-3-6-12(13)10-16-17-15(18)14-8-5-9-19-14/h3-11H,1-2H3,(H,17,18)/b16-10+. The normalized spacial score (nSPS) is 10.9. The summed E-state index contributed by atoms with van der Waals surface area (Å²) in [6.07, 6.45) is 3.05. The number of hydrazone groups is 1. The number of rotatable bonds is 5. The summed E-state index contributed by atoms with van der Waals surface area (Å²) in [6.45, 7) is 3.90. The van der Waals surface area contributed by atoms with E-state index in [0.717, 1.165) is 11.3 Å². The average molecular weight is 272 g/mol. The molecule has 1 N–H and O–H groups in total. The zero-order chi connectivity index (χ0) is 14.4. The van der Waals surface area contributed by atoms with Crippen LogP contribution < -0.4 is 10.2 Å². The summed E-state index contributed by atoms with van der Waals surface area (Å²) in [6, 6.07) is 10.7. The zero-order valence-corrected chi connectivity index (χ0v) is 11.4. The number of hydrogen-bond acceptors (Lipinski definition) is 4. The fourth-order valence-electron chi connectivity index (χ4n) is 1.57. The number of carbonyl (C=O) groups is 1. The number of para-hydroxylation sites is 1. The van der Waals surface area contributed by atoms with Crippen LogP contribution in [0.5, 0.6) is 5.75 Å². The van der Waals surface area contributed by atoms with Crippen LogP contribution in [0.1, 0.15) is 30.0 Å². The number of carbonyl (C=O) groups excluding carboxylic acids is 1. The van der Waals surface area contributed by atoms with Crippen LogP contribution in [-0.2, 0) is 0 Å². The number of amides is 1. The summed E-state index contributed by atoms with van der Waals surface area (Å²) in [5.74, 6) is 0.542. The second-order valence-electron chi connectivity index (χ2n) is 4.38. The molecule has 104 valence electrons. The van der Waals surface area contributed by atoms with Gasteiger partial charge in [0, 0.05) is 5.56 Å². The average Bonchev–Trinajstić information content (AvgIpc) is 2.94. The molecule has 0 aliphatic heterocycles. The van der Waals surface area contributed by atoms with E-state index in [0.29, 0.717) is 0 Å². The van der Waals surface area contributed by atoms with Crippen molar-refractivity contribution in [3.63, 3.8) is 0 Å². The van der Waals surface area contributed by atoms with Crippen LogP contribution in [0.15, 0.2) is 52.2 Å². The van der Waals surface area contributed by atoms with E-state index in [1.165, 1.54) is 6.26 Å². The van der Waals surface area contributed by atoms with Gasteiger partial charge in [0.2, 0.25) is 0 Å². The Balaban J connectivity index is 2.02. The molecule has 1 heterocycles. The van der Waals surface area contributed by atoms with Gasteiger partial charge in [-0.1, -0.05) is 12.1 Å². The van der Waals surface area contributed by atoms with Gasteiger partial charge < -0.3 is 9.15 Å². The fourth-order valence-corrected chi connectivity index (χ4v) is 1.57. The first kappa shape index (κ1) is 13.9. The van der Waals surface area contributed by atoms with Crippen molar-refractivity contribution in [2.24, 2.45) is 5.10 Å². The minimum Gasteiger partial charge on any atom is -0.490 e. The van der Waals surface area contributed by atoms with E-state index in [1.807, 2.05) is 38.1 Å². The summed E-state index contributed by atoms with van der Waals surface area (Å²) in [5.41, 5.74) is 3.19. The van der Waals surface area contributed by atoms with Crippen molar-refractivity contribution in [2.75, 3.05) is 0 Å². The smallest absolute Gasteiger partial charge is 0.307 e. The van der Waals surface area contributed by atoms with Crippen molar-refractivity contribution >= 4 is 12.1 Å². The first-order valence-electron chi connectivity index (χ1n) is 6.29. The van der Waals surface area contributed by atoms with Crippen LogP contribution in [0.3, 0.4) is 0 Å². The molecule has 20 heavy (non-hydrogen) atoms. The summed E-state index contributed by atoms with van der Waals surface area (Å²) in [5, 5.41) is 3.90. The van der Waals surface area contributed by atoms with Gasteiger partial charge in [0.15, 0.2) is 5.76 Å². The summed E-state index contributed by atoms with van der Waals surface area (Å²) < 4.78 is 10.6. The molecule has 2 rings (SSSR count). The minimum atomic E-state index is -0.395. The van der Waals surface area contributed by atoms with E-state index in [1.54, 1.807) is 18.3 Å². The molecule has 1 aromatic carbocycles. The third-order valence-electron chi connectivity index (χ3n) is 2.40. The van der Waals surface area contributed by atoms with Gasteiger partial charge in [0.05, 0.1) is 18.6 Å². The topological polar surface area (TPSA) is 63.8 Å². The largest absolute Gasteiger partial charge is 0.490 e. The lowest BCUT2D eigenvalue weighted by Gasteiger charge is -2.11. The van der Waals surface area contributed by atoms with Crippen LogP contribution in [0, 0.1) is 0 Å². The second kappa shape index (κ2) is 6.56. The molecule has 2 aromatic rings. The number of furan rings is 1. The maximum absolute atomic E-state index is 11.6. The Bertz CT molecular complexity index is 589. The number of ether oxygens (including phenoxy) is 1. The molecule has 5 nitrogen and oxygen atoms in total. The Morgan fingerprint density at radius 2 is 2.10 bits per heavy atom. The highest BCUT2D eigenvalue weighted by atomic mass is 16.5. The zero-order valence-electron chi connectivity index (χ0n) is 11.4. The fraction of sp³-hybridized carbons (Fsp3) is 0.200. The summed E-state index contributed by atoms with van der Waals surface area (Å²) in [4.78, 5) is 11.6. The SMILES string of the molecule is CC(C)Oc1ccccc1/C=N/NC(=O)c1ccco1. The lowest BCUT2D eigenvalue weighted by atomic mass is 10.2.